The van der Waals surface area contributed by atoms with Crippen LogP contribution in [0.3, 0.4) is 0 Å². The normalized spacial score (nSPS) is 27.8. The molecule has 4 unspecified atom stereocenters. The van der Waals surface area contributed by atoms with E-state index in [0.29, 0.717) is 17.0 Å². The lowest BCUT2D eigenvalue weighted by Gasteiger charge is -2.16. The highest BCUT2D eigenvalue weighted by Crippen LogP contribution is 2.31. The van der Waals surface area contributed by atoms with Gasteiger partial charge in [0.2, 0.25) is 0 Å². The van der Waals surface area contributed by atoms with Crippen molar-refractivity contribution < 1.29 is 20.1 Å². The van der Waals surface area contributed by atoms with Crippen LogP contribution in [-0.2, 0) is 4.74 Å². The monoisotopic (exact) mass is 319 g/mol. The Kier molecular flexibility index (Phi) is 3.27. The number of aliphatic hydroxyl groups excluding tert-OH is 3. The smallest absolute Gasteiger partial charge is 0.170 e. The lowest BCUT2D eigenvalue weighted by molar-refractivity contribution is -0.0511. The fraction of sp³-hybridized carbons (Fsp3) is 0.417. The number of ether oxygens (including phenoxy) is 1. The average molecular weight is 319 g/mol. The van der Waals surface area contributed by atoms with Crippen LogP contribution in [0.1, 0.15) is 6.23 Å². The minimum atomic E-state index is -1.21. The van der Waals surface area contributed by atoms with Crippen LogP contribution < -0.4 is 0 Å². The van der Waals surface area contributed by atoms with Crippen molar-refractivity contribution in [1.82, 2.24) is 34.3 Å². The van der Waals surface area contributed by atoms with E-state index < -0.39 is 31.1 Å². The Labute approximate surface area is 128 Å². The third-order valence-corrected chi connectivity index (χ3v) is 3.79. The number of rotatable bonds is 3. The molecule has 4 atom stereocenters. The Balaban J connectivity index is 1.80. The fourth-order valence-corrected chi connectivity index (χ4v) is 2.63. The molecular formula is C12H13N7O4. The third-order valence-electron chi connectivity index (χ3n) is 3.79. The first-order chi connectivity index (χ1) is 11.2. The second-order valence-corrected chi connectivity index (χ2v) is 5.12. The molecule has 1 saturated heterocycles. The van der Waals surface area contributed by atoms with Gasteiger partial charge >= 0.3 is 0 Å². The largest absolute Gasteiger partial charge is 0.394 e. The van der Waals surface area contributed by atoms with Crippen molar-refractivity contribution >= 4 is 11.2 Å². The summed E-state index contributed by atoms with van der Waals surface area (Å²) in [4.78, 5) is 12.6. The molecule has 4 rings (SSSR count). The van der Waals surface area contributed by atoms with Gasteiger partial charge in [-0.05, 0) is 0 Å². The SMILES string of the molecule is OCC1OC(n2cnc3c(-n4cnnc4)ncnc32)C(O)C1O. The van der Waals surface area contributed by atoms with Gasteiger partial charge in [-0.1, -0.05) is 0 Å². The minimum Gasteiger partial charge on any atom is -0.394 e. The van der Waals surface area contributed by atoms with Gasteiger partial charge in [0.1, 0.15) is 37.3 Å². The van der Waals surface area contributed by atoms with Crippen LogP contribution in [0.4, 0.5) is 0 Å². The van der Waals surface area contributed by atoms with E-state index in [1.165, 1.54) is 29.9 Å². The lowest BCUT2D eigenvalue weighted by Crippen LogP contribution is -2.33. The zero-order chi connectivity index (χ0) is 16.0. The van der Waals surface area contributed by atoms with Gasteiger partial charge < -0.3 is 20.1 Å². The van der Waals surface area contributed by atoms with Crippen LogP contribution in [0.25, 0.3) is 17.0 Å². The average Bonchev–Trinajstić information content (AvgIpc) is 3.28. The van der Waals surface area contributed by atoms with E-state index in [1.54, 1.807) is 4.57 Å². The van der Waals surface area contributed by atoms with Crippen molar-refractivity contribution in [2.24, 2.45) is 0 Å². The maximum Gasteiger partial charge on any atom is 0.170 e. The number of aliphatic hydroxyl groups is 3. The van der Waals surface area contributed by atoms with Crippen molar-refractivity contribution in [1.29, 1.82) is 0 Å². The van der Waals surface area contributed by atoms with Crippen molar-refractivity contribution in [3.05, 3.63) is 25.3 Å². The number of nitrogens with zero attached hydrogens (tertiary/aromatic N) is 7. The molecule has 0 aliphatic carbocycles. The Morgan fingerprint density at radius 2 is 1.83 bits per heavy atom. The van der Waals surface area contributed by atoms with Crippen LogP contribution in [0.5, 0.6) is 0 Å². The molecule has 1 aliphatic heterocycles. The summed E-state index contributed by atoms with van der Waals surface area (Å²) in [5.41, 5.74) is 0.878. The van der Waals surface area contributed by atoms with E-state index in [2.05, 4.69) is 25.1 Å². The van der Waals surface area contributed by atoms with Gasteiger partial charge in [0.15, 0.2) is 23.2 Å². The molecule has 0 saturated carbocycles. The highest BCUT2D eigenvalue weighted by molar-refractivity contribution is 5.78. The van der Waals surface area contributed by atoms with Crippen LogP contribution in [-0.4, -0.2) is 74.5 Å². The summed E-state index contributed by atoms with van der Waals surface area (Å²) in [6.07, 6.45) is 1.56. The summed E-state index contributed by atoms with van der Waals surface area (Å²) in [5, 5.41) is 36.7. The molecule has 11 nitrogen and oxygen atoms in total. The molecule has 1 aliphatic rings. The zero-order valence-corrected chi connectivity index (χ0v) is 11.7. The van der Waals surface area contributed by atoms with E-state index in [9.17, 15) is 15.3 Å². The van der Waals surface area contributed by atoms with Crippen molar-refractivity contribution in [2.75, 3.05) is 6.61 Å². The molecular weight excluding hydrogens is 306 g/mol. The second-order valence-electron chi connectivity index (χ2n) is 5.12. The molecule has 4 heterocycles. The number of hydrogen-bond donors (Lipinski definition) is 3. The van der Waals surface area contributed by atoms with E-state index in [4.69, 9.17) is 4.74 Å². The van der Waals surface area contributed by atoms with Crippen LogP contribution in [0.15, 0.2) is 25.3 Å². The summed E-state index contributed by atoms with van der Waals surface area (Å²) in [7, 11) is 0. The zero-order valence-electron chi connectivity index (χ0n) is 11.7. The van der Waals surface area contributed by atoms with Gasteiger partial charge in [-0.15, -0.1) is 10.2 Å². The number of aromatic nitrogens is 7. The van der Waals surface area contributed by atoms with Gasteiger partial charge in [0.05, 0.1) is 12.9 Å². The Morgan fingerprint density at radius 3 is 2.52 bits per heavy atom. The highest BCUT2D eigenvalue weighted by atomic mass is 16.6. The van der Waals surface area contributed by atoms with Crippen molar-refractivity contribution in [2.45, 2.75) is 24.5 Å². The molecule has 11 heteroatoms. The molecule has 3 N–H and O–H groups in total. The summed E-state index contributed by atoms with van der Waals surface area (Å²) < 4.78 is 8.58. The molecule has 23 heavy (non-hydrogen) atoms. The molecule has 0 amide bonds. The predicted octanol–water partition coefficient (Wildman–Crippen LogP) is -1.98. The quantitative estimate of drug-likeness (QED) is 0.500. The van der Waals surface area contributed by atoms with E-state index in [1.807, 2.05) is 0 Å². The summed E-state index contributed by atoms with van der Waals surface area (Å²) in [6.45, 7) is -0.400. The molecule has 0 spiro atoms. The molecule has 120 valence electrons. The Bertz CT molecular complexity index is 820. The molecule has 3 aromatic rings. The summed E-state index contributed by atoms with van der Waals surface area (Å²) >= 11 is 0. The van der Waals surface area contributed by atoms with Crippen LogP contribution in [0.2, 0.25) is 0 Å². The number of hydrogen-bond acceptors (Lipinski definition) is 9. The van der Waals surface area contributed by atoms with E-state index in [0.717, 1.165) is 0 Å². The summed E-state index contributed by atoms with van der Waals surface area (Å²) in [6, 6.07) is 0. The van der Waals surface area contributed by atoms with Gasteiger partial charge in [-0.3, -0.25) is 9.13 Å². The van der Waals surface area contributed by atoms with Gasteiger partial charge in [-0.2, -0.15) is 0 Å². The van der Waals surface area contributed by atoms with Crippen LogP contribution in [0, 0.1) is 0 Å². The van der Waals surface area contributed by atoms with Gasteiger partial charge in [0, 0.05) is 0 Å². The fourth-order valence-electron chi connectivity index (χ4n) is 2.63. The molecule has 0 aromatic carbocycles. The number of imidazole rings is 1. The molecule has 0 bridgehead atoms. The topological polar surface area (TPSA) is 144 Å². The van der Waals surface area contributed by atoms with Gasteiger partial charge in [-0.25, -0.2) is 15.0 Å². The van der Waals surface area contributed by atoms with Crippen LogP contribution >= 0.6 is 0 Å². The second kappa shape index (κ2) is 5.31. The predicted molar refractivity (Wildman–Crippen MR) is 73.2 cm³/mol. The first kappa shape index (κ1) is 14.1. The van der Waals surface area contributed by atoms with E-state index >= 15 is 0 Å². The van der Waals surface area contributed by atoms with Crippen molar-refractivity contribution in [3.8, 4) is 5.82 Å². The standard InChI is InChI=1S/C12H13N7O4/c20-1-6-8(21)9(22)12(23-6)19-3-15-7-10(13-2-14-11(7)19)18-4-16-17-5-18/h2-6,8-9,12,20-22H,1H2. The maximum absolute atomic E-state index is 10.1. The maximum atomic E-state index is 10.1. The lowest BCUT2D eigenvalue weighted by atomic mass is 10.1. The molecule has 1 fully saturated rings. The highest BCUT2D eigenvalue weighted by Gasteiger charge is 2.44. The minimum absolute atomic E-state index is 0.400. The Morgan fingerprint density at radius 1 is 1.04 bits per heavy atom. The Hall–Kier alpha value is -2.47. The first-order valence-electron chi connectivity index (χ1n) is 6.85. The first-order valence-corrected chi connectivity index (χ1v) is 6.85. The summed E-state index contributed by atoms with van der Waals surface area (Å²) in [5.74, 6) is 0.477. The molecule has 3 aromatic heterocycles. The number of fused-ring (bicyclic) bond motifs is 1. The van der Waals surface area contributed by atoms with Crippen molar-refractivity contribution in [3.63, 3.8) is 0 Å². The van der Waals surface area contributed by atoms with E-state index in [-0.39, 0.29) is 0 Å². The van der Waals surface area contributed by atoms with Gasteiger partial charge in [0.25, 0.3) is 0 Å². The molecule has 0 radical (unpaired) electrons. The third kappa shape index (κ3) is 2.09.